The minimum absolute atomic E-state index is 0.164. The van der Waals surface area contributed by atoms with Gasteiger partial charge in [0, 0.05) is 18.2 Å². The Labute approximate surface area is 96.9 Å². The Bertz CT molecular complexity index is 540. The number of methoxy groups -OCH3 is 2. The van der Waals surface area contributed by atoms with E-state index in [-0.39, 0.29) is 22.9 Å². The number of ether oxygens (including phenoxy) is 2. The number of anilines is 1. The van der Waals surface area contributed by atoms with Gasteiger partial charge in [0.1, 0.15) is 17.3 Å². The van der Waals surface area contributed by atoms with Crippen molar-refractivity contribution >= 4 is 5.82 Å². The van der Waals surface area contributed by atoms with E-state index in [0.29, 0.717) is 5.75 Å². The largest absolute Gasteiger partial charge is 0.497 e. The van der Waals surface area contributed by atoms with E-state index in [1.54, 1.807) is 6.07 Å². The highest BCUT2D eigenvalue weighted by Gasteiger charge is 2.18. The summed E-state index contributed by atoms with van der Waals surface area (Å²) >= 11 is 0. The van der Waals surface area contributed by atoms with Crippen LogP contribution in [0.15, 0.2) is 22.7 Å². The maximum Gasteiger partial charge on any atom is 0.175 e. The molecule has 6 heteroatoms. The summed E-state index contributed by atoms with van der Waals surface area (Å²) in [6.45, 7) is 0. The van der Waals surface area contributed by atoms with E-state index in [2.05, 4.69) is 5.16 Å². The molecule has 5 nitrogen and oxygen atoms in total. The predicted molar refractivity (Wildman–Crippen MR) is 59.4 cm³/mol. The second kappa shape index (κ2) is 4.32. The number of hydrogen-bond acceptors (Lipinski definition) is 5. The fraction of sp³-hybridized carbons (Fsp3) is 0.182. The van der Waals surface area contributed by atoms with Crippen LogP contribution in [0.5, 0.6) is 11.5 Å². The van der Waals surface area contributed by atoms with Gasteiger partial charge in [-0.1, -0.05) is 5.16 Å². The van der Waals surface area contributed by atoms with Crippen molar-refractivity contribution in [1.82, 2.24) is 5.16 Å². The van der Waals surface area contributed by atoms with Crippen LogP contribution in [-0.2, 0) is 0 Å². The van der Waals surface area contributed by atoms with Crippen LogP contribution in [0.4, 0.5) is 10.2 Å². The Hall–Kier alpha value is -2.24. The van der Waals surface area contributed by atoms with Crippen LogP contribution in [0.2, 0.25) is 0 Å². The molecule has 0 aliphatic heterocycles. The van der Waals surface area contributed by atoms with Crippen LogP contribution in [0.3, 0.4) is 0 Å². The van der Waals surface area contributed by atoms with E-state index in [4.69, 9.17) is 19.7 Å². The quantitative estimate of drug-likeness (QED) is 0.886. The molecule has 2 aromatic rings. The van der Waals surface area contributed by atoms with Gasteiger partial charge < -0.3 is 19.7 Å². The van der Waals surface area contributed by atoms with Gasteiger partial charge in [-0.3, -0.25) is 0 Å². The average Bonchev–Trinajstić information content (AvgIpc) is 2.74. The van der Waals surface area contributed by atoms with Gasteiger partial charge >= 0.3 is 0 Å². The predicted octanol–water partition coefficient (Wildman–Crippen LogP) is 2.08. The summed E-state index contributed by atoms with van der Waals surface area (Å²) < 4.78 is 28.8. The number of hydrogen-bond donors (Lipinski definition) is 1. The number of aromatic nitrogens is 1. The van der Waals surface area contributed by atoms with Crippen molar-refractivity contribution in [2.24, 2.45) is 0 Å². The first-order chi connectivity index (χ1) is 8.15. The Morgan fingerprint density at radius 3 is 2.53 bits per heavy atom. The van der Waals surface area contributed by atoms with Crippen LogP contribution in [0.25, 0.3) is 11.3 Å². The topological polar surface area (TPSA) is 70.5 Å². The monoisotopic (exact) mass is 238 g/mol. The van der Waals surface area contributed by atoms with Gasteiger partial charge in [0.25, 0.3) is 0 Å². The minimum atomic E-state index is -0.530. The van der Waals surface area contributed by atoms with Crippen LogP contribution in [-0.4, -0.2) is 19.4 Å². The van der Waals surface area contributed by atoms with Crippen molar-refractivity contribution in [1.29, 1.82) is 0 Å². The van der Waals surface area contributed by atoms with Gasteiger partial charge in [-0.2, -0.15) is 0 Å². The number of halogens is 1. The molecule has 1 aromatic carbocycles. The number of nitrogen functional groups attached to an aromatic ring is 1. The lowest BCUT2D eigenvalue weighted by Crippen LogP contribution is -1.93. The van der Waals surface area contributed by atoms with Crippen LogP contribution in [0, 0.1) is 5.82 Å². The van der Waals surface area contributed by atoms with E-state index >= 15 is 0 Å². The lowest BCUT2D eigenvalue weighted by molar-refractivity contribution is 0.385. The highest BCUT2D eigenvalue weighted by atomic mass is 19.1. The van der Waals surface area contributed by atoms with Crippen molar-refractivity contribution in [2.75, 3.05) is 20.0 Å². The summed E-state index contributed by atoms with van der Waals surface area (Å²) in [6, 6.07) is 4.21. The van der Waals surface area contributed by atoms with E-state index < -0.39 is 5.82 Å². The average molecular weight is 238 g/mol. The standard InChI is InChI=1S/C11H11FN2O3/c1-15-6-3-7(12)11(8(4-6)16-2)9-5-10(13)14-17-9/h3-5H,1-2H3,(H2,13,14). The highest BCUT2D eigenvalue weighted by molar-refractivity contribution is 5.69. The summed E-state index contributed by atoms with van der Waals surface area (Å²) in [6.07, 6.45) is 0. The third-order valence-electron chi connectivity index (χ3n) is 2.26. The maximum atomic E-state index is 13.9. The third kappa shape index (κ3) is 2.01. The van der Waals surface area contributed by atoms with Gasteiger partial charge in [-0.25, -0.2) is 4.39 Å². The minimum Gasteiger partial charge on any atom is -0.497 e. The molecule has 0 spiro atoms. The lowest BCUT2D eigenvalue weighted by atomic mass is 10.1. The van der Waals surface area contributed by atoms with Gasteiger partial charge in [-0.05, 0) is 0 Å². The third-order valence-corrected chi connectivity index (χ3v) is 2.26. The van der Waals surface area contributed by atoms with Crippen molar-refractivity contribution in [3.63, 3.8) is 0 Å². The van der Waals surface area contributed by atoms with E-state index in [9.17, 15) is 4.39 Å². The molecule has 0 saturated carbocycles. The molecule has 17 heavy (non-hydrogen) atoms. The Balaban J connectivity index is 2.60. The van der Waals surface area contributed by atoms with Crippen molar-refractivity contribution in [2.45, 2.75) is 0 Å². The first kappa shape index (κ1) is 11.3. The molecule has 0 fully saturated rings. The zero-order chi connectivity index (χ0) is 12.4. The fourth-order valence-electron chi connectivity index (χ4n) is 1.48. The molecule has 1 aromatic heterocycles. The van der Waals surface area contributed by atoms with Gasteiger partial charge in [0.2, 0.25) is 0 Å². The molecule has 2 rings (SSSR count). The molecule has 0 amide bonds. The molecule has 0 atom stereocenters. The van der Waals surface area contributed by atoms with E-state index in [1.807, 2.05) is 0 Å². The Kier molecular flexibility index (Phi) is 2.86. The smallest absolute Gasteiger partial charge is 0.175 e. The summed E-state index contributed by atoms with van der Waals surface area (Å²) in [4.78, 5) is 0. The summed E-state index contributed by atoms with van der Waals surface area (Å²) in [7, 11) is 2.87. The first-order valence-corrected chi connectivity index (χ1v) is 4.79. The molecule has 0 saturated heterocycles. The second-order valence-corrected chi connectivity index (χ2v) is 3.30. The molecular formula is C11H11FN2O3. The van der Waals surface area contributed by atoms with Crippen LogP contribution < -0.4 is 15.2 Å². The summed E-state index contributed by atoms with van der Waals surface area (Å²) in [5.74, 6) is 0.503. The molecule has 0 unspecified atom stereocenters. The van der Waals surface area contributed by atoms with Gasteiger partial charge in [-0.15, -0.1) is 0 Å². The highest BCUT2D eigenvalue weighted by Crippen LogP contribution is 2.36. The molecule has 1 heterocycles. The molecule has 90 valence electrons. The number of nitrogens with zero attached hydrogens (tertiary/aromatic N) is 1. The van der Waals surface area contributed by atoms with Gasteiger partial charge in [0.15, 0.2) is 11.6 Å². The molecule has 2 N–H and O–H groups in total. The van der Waals surface area contributed by atoms with E-state index in [0.717, 1.165) is 0 Å². The number of benzene rings is 1. The van der Waals surface area contributed by atoms with Gasteiger partial charge in [0.05, 0.1) is 19.8 Å². The Morgan fingerprint density at radius 2 is 2.00 bits per heavy atom. The molecule has 0 aliphatic rings. The zero-order valence-electron chi connectivity index (χ0n) is 9.36. The molecule has 0 aliphatic carbocycles. The summed E-state index contributed by atoms with van der Waals surface area (Å²) in [5.41, 5.74) is 5.59. The van der Waals surface area contributed by atoms with Crippen LogP contribution in [0.1, 0.15) is 0 Å². The molecular weight excluding hydrogens is 227 g/mol. The molecule has 0 radical (unpaired) electrons. The second-order valence-electron chi connectivity index (χ2n) is 3.30. The number of rotatable bonds is 3. The van der Waals surface area contributed by atoms with Crippen LogP contribution >= 0.6 is 0 Å². The Morgan fingerprint density at radius 1 is 1.24 bits per heavy atom. The van der Waals surface area contributed by atoms with E-state index in [1.165, 1.54) is 26.4 Å². The fourth-order valence-corrected chi connectivity index (χ4v) is 1.48. The molecule has 0 bridgehead atoms. The lowest BCUT2D eigenvalue weighted by Gasteiger charge is -2.09. The van der Waals surface area contributed by atoms with Crippen molar-refractivity contribution in [3.05, 3.63) is 24.0 Å². The summed E-state index contributed by atoms with van der Waals surface area (Å²) in [5, 5.41) is 3.50. The normalized spacial score (nSPS) is 10.3. The van der Waals surface area contributed by atoms with Crippen molar-refractivity contribution < 1.29 is 18.4 Å². The number of nitrogens with two attached hydrogens (primary N) is 1. The maximum absolute atomic E-state index is 13.9. The van der Waals surface area contributed by atoms with Crippen molar-refractivity contribution in [3.8, 4) is 22.8 Å². The first-order valence-electron chi connectivity index (χ1n) is 4.79. The SMILES string of the molecule is COc1cc(F)c(-c2cc(N)no2)c(OC)c1. The zero-order valence-corrected chi connectivity index (χ0v) is 9.36.